The molecule has 288 valence electrons. The fourth-order valence-electron chi connectivity index (χ4n) is 6.10. The molecule has 3 aliphatic rings. The summed E-state index contributed by atoms with van der Waals surface area (Å²) in [5.74, 6) is -0.819. The molecule has 17 heteroatoms. The zero-order valence-electron chi connectivity index (χ0n) is 28.3. The fraction of sp³-hybridized carbons (Fsp3) is 0.571. The zero-order valence-corrected chi connectivity index (χ0v) is 28.3. The van der Waals surface area contributed by atoms with E-state index in [1.54, 1.807) is 24.3 Å². The molecule has 3 aliphatic heterocycles. The third kappa shape index (κ3) is 9.44. The summed E-state index contributed by atoms with van der Waals surface area (Å²) in [6, 6.07) is 12.3. The third-order valence-electron chi connectivity index (χ3n) is 9.13. The molecule has 15 atom stereocenters. The van der Waals surface area contributed by atoms with Crippen molar-refractivity contribution in [3.8, 4) is 11.5 Å². The molecule has 0 saturated carbocycles. The zero-order chi connectivity index (χ0) is 37.7. The Labute approximate surface area is 298 Å². The van der Waals surface area contributed by atoms with Crippen LogP contribution in [0.5, 0.6) is 11.5 Å². The maximum Gasteiger partial charge on any atom is 0.331 e. The second-order valence-electron chi connectivity index (χ2n) is 12.9. The number of benzene rings is 2. The summed E-state index contributed by atoms with van der Waals surface area (Å²) in [5.41, 5.74) is 1.35. The number of esters is 1. The lowest BCUT2D eigenvalue weighted by atomic mass is 9.96. The first-order valence-electron chi connectivity index (χ1n) is 16.8. The van der Waals surface area contributed by atoms with Gasteiger partial charge in [0.25, 0.3) is 0 Å². The Morgan fingerprint density at radius 2 is 1.25 bits per heavy atom. The van der Waals surface area contributed by atoms with Gasteiger partial charge in [0, 0.05) is 6.08 Å². The highest BCUT2D eigenvalue weighted by atomic mass is 16.8. The Kier molecular flexibility index (Phi) is 13.6. The molecule has 15 unspecified atom stereocenters. The Hall–Kier alpha value is -3.27. The number of aliphatic hydroxyl groups is 7. The summed E-state index contributed by atoms with van der Waals surface area (Å²) in [6.45, 7) is 2.18. The first kappa shape index (κ1) is 39.9. The highest BCUT2D eigenvalue weighted by Gasteiger charge is 2.54. The van der Waals surface area contributed by atoms with E-state index in [1.165, 1.54) is 44.2 Å². The molecular weight excluding hydrogens is 692 g/mol. The van der Waals surface area contributed by atoms with Crippen LogP contribution in [0, 0.1) is 0 Å². The minimum absolute atomic E-state index is 0.00788. The van der Waals surface area contributed by atoms with Gasteiger partial charge in [0.1, 0.15) is 66.4 Å². The summed E-state index contributed by atoms with van der Waals surface area (Å²) < 4.78 is 40.3. The standard InChI is InChI=1S/C35H46O17/c1-16-24(40)25(41)27(43)34(47-16)51-30-17(2)48-35(28(44)26(30)42)52-32-29(45)33(46-14-13-19-5-10-21(38)11-6-19)49-22(15-36)31(32)50-23(39)12-7-18-3-8-20(37)9-4-18/h3-12,16-17,22,24-38,40-45H,13-15H2,1-2H3/b12-7+. The van der Waals surface area contributed by atoms with Crippen LogP contribution in [0.2, 0.25) is 0 Å². The first-order chi connectivity index (χ1) is 24.8. The molecule has 5 rings (SSSR count). The summed E-state index contributed by atoms with van der Waals surface area (Å²) >= 11 is 0. The van der Waals surface area contributed by atoms with Crippen LogP contribution in [0.1, 0.15) is 25.0 Å². The van der Waals surface area contributed by atoms with Crippen LogP contribution in [-0.2, 0) is 44.4 Å². The van der Waals surface area contributed by atoms with Crippen molar-refractivity contribution in [1.29, 1.82) is 0 Å². The Bertz CT molecular complexity index is 1460. The average Bonchev–Trinajstić information content (AvgIpc) is 3.12. The van der Waals surface area contributed by atoms with Gasteiger partial charge in [0.2, 0.25) is 0 Å². The second kappa shape index (κ2) is 17.7. The van der Waals surface area contributed by atoms with Crippen molar-refractivity contribution in [3.05, 3.63) is 65.7 Å². The molecule has 3 fully saturated rings. The number of ether oxygens (including phenoxy) is 7. The predicted octanol–water partition coefficient (Wildman–Crippen LogP) is -1.58. The molecule has 2 aromatic rings. The number of aliphatic hydroxyl groups excluding tert-OH is 7. The fourth-order valence-corrected chi connectivity index (χ4v) is 6.10. The molecule has 0 aromatic heterocycles. The number of rotatable bonds is 12. The lowest BCUT2D eigenvalue weighted by molar-refractivity contribution is -0.375. The van der Waals surface area contributed by atoms with Crippen molar-refractivity contribution in [3.63, 3.8) is 0 Å². The van der Waals surface area contributed by atoms with Crippen LogP contribution in [0.4, 0.5) is 0 Å². The molecule has 17 nitrogen and oxygen atoms in total. The average molecular weight is 739 g/mol. The predicted molar refractivity (Wildman–Crippen MR) is 175 cm³/mol. The molecule has 3 heterocycles. The van der Waals surface area contributed by atoms with Gasteiger partial charge in [-0.15, -0.1) is 0 Å². The maximum absolute atomic E-state index is 13.0. The van der Waals surface area contributed by atoms with Gasteiger partial charge in [-0.25, -0.2) is 4.79 Å². The molecule has 52 heavy (non-hydrogen) atoms. The topological polar surface area (TPSA) is 264 Å². The number of aromatic hydroxyl groups is 2. The van der Waals surface area contributed by atoms with Gasteiger partial charge in [-0.3, -0.25) is 0 Å². The van der Waals surface area contributed by atoms with E-state index in [0.717, 1.165) is 11.6 Å². The van der Waals surface area contributed by atoms with Gasteiger partial charge in [0.05, 0.1) is 25.4 Å². The van der Waals surface area contributed by atoms with E-state index in [-0.39, 0.29) is 18.1 Å². The minimum atomic E-state index is -1.86. The van der Waals surface area contributed by atoms with Gasteiger partial charge in [-0.2, -0.15) is 0 Å². The smallest absolute Gasteiger partial charge is 0.331 e. The third-order valence-corrected chi connectivity index (χ3v) is 9.13. The summed E-state index contributed by atoms with van der Waals surface area (Å²) in [6.07, 6.45) is -19.6. The van der Waals surface area contributed by atoms with E-state index in [9.17, 15) is 50.8 Å². The van der Waals surface area contributed by atoms with E-state index in [1.807, 2.05) is 0 Å². The van der Waals surface area contributed by atoms with Crippen LogP contribution in [0.25, 0.3) is 6.08 Å². The van der Waals surface area contributed by atoms with Crippen molar-refractivity contribution in [2.45, 2.75) is 112 Å². The Morgan fingerprint density at radius 1 is 0.673 bits per heavy atom. The molecule has 0 bridgehead atoms. The van der Waals surface area contributed by atoms with E-state index in [2.05, 4.69) is 0 Å². The number of carbonyl (C=O) groups is 1. The van der Waals surface area contributed by atoms with Crippen molar-refractivity contribution < 1.29 is 83.9 Å². The van der Waals surface area contributed by atoms with E-state index in [4.69, 9.17) is 33.2 Å². The van der Waals surface area contributed by atoms with Crippen molar-refractivity contribution in [2.75, 3.05) is 13.2 Å². The lowest BCUT2D eigenvalue weighted by Gasteiger charge is -2.48. The van der Waals surface area contributed by atoms with Crippen molar-refractivity contribution in [1.82, 2.24) is 0 Å². The van der Waals surface area contributed by atoms with Crippen molar-refractivity contribution >= 4 is 12.0 Å². The van der Waals surface area contributed by atoms with Gasteiger partial charge in [-0.1, -0.05) is 24.3 Å². The number of hydrogen-bond donors (Lipinski definition) is 9. The number of carbonyl (C=O) groups excluding carboxylic acids is 1. The van der Waals surface area contributed by atoms with Gasteiger partial charge >= 0.3 is 5.97 Å². The van der Waals surface area contributed by atoms with Crippen LogP contribution in [-0.4, -0.2) is 157 Å². The monoisotopic (exact) mass is 738 g/mol. The highest BCUT2D eigenvalue weighted by Crippen LogP contribution is 2.33. The number of phenolic OH excluding ortho intramolecular Hbond substituents is 2. The lowest BCUT2D eigenvalue weighted by Crippen LogP contribution is -2.66. The van der Waals surface area contributed by atoms with Crippen molar-refractivity contribution in [2.24, 2.45) is 0 Å². The van der Waals surface area contributed by atoms with Gasteiger partial charge < -0.3 is 79.1 Å². The highest BCUT2D eigenvalue weighted by molar-refractivity contribution is 5.87. The summed E-state index contributed by atoms with van der Waals surface area (Å²) in [4.78, 5) is 13.0. The van der Waals surface area contributed by atoms with Gasteiger partial charge in [-0.05, 0) is 61.7 Å². The Balaban J connectivity index is 1.32. The molecule has 0 radical (unpaired) electrons. The van der Waals surface area contributed by atoms with Crippen LogP contribution in [0.3, 0.4) is 0 Å². The normalized spacial score (nSPS) is 38.3. The number of hydrogen-bond acceptors (Lipinski definition) is 17. The van der Waals surface area contributed by atoms with Crippen LogP contribution < -0.4 is 0 Å². The van der Waals surface area contributed by atoms with Gasteiger partial charge in [0.15, 0.2) is 25.0 Å². The summed E-state index contributed by atoms with van der Waals surface area (Å²) in [5, 5.41) is 93.7. The second-order valence-corrected chi connectivity index (χ2v) is 12.9. The Morgan fingerprint density at radius 3 is 1.88 bits per heavy atom. The SMILES string of the molecule is CC1OC(OC2C(C)OC(OC3C(O)C(OCCc4ccc(O)cc4)OC(CO)C3OC(=O)/C=C/c3ccc(O)cc3)C(O)C2O)C(O)C(O)C1O. The molecule has 2 aromatic carbocycles. The van der Waals surface area contributed by atoms with E-state index >= 15 is 0 Å². The largest absolute Gasteiger partial charge is 0.508 e. The summed E-state index contributed by atoms with van der Waals surface area (Å²) in [7, 11) is 0. The van der Waals surface area contributed by atoms with E-state index < -0.39 is 105 Å². The molecular formula is C35H46O17. The molecule has 0 spiro atoms. The maximum atomic E-state index is 13.0. The van der Waals surface area contributed by atoms with E-state index in [0.29, 0.717) is 12.0 Å². The number of phenols is 2. The van der Waals surface area contributed by atoms with Crippen LogP contribution in [0.15, 0.2) is 54.6 Å². The minimum Gasteiger partial charge on any atom is -0.508 e. The quantitative estimate of drug-likeness (QED) is 0.0879. The van der Waals surface area contributed by atoms with Crippen LogP contribution >= 0.6 is 0 Å². The molecule has 0 amide bonds. The molecule has 3 saturated heterocycles. The molecule has 9 N–H and O–H groups in total. The first-order valence-corrected chi connectivity index (χ1v) is 16.8. The molecule has 0 aliphatic carbocycles.